The fourth-order valence-corrected chi connectivity index (χ4v) is 4.79. The molecular formula is C31H36ClN3O3. The summed E-state index contributed by atoms with van der Waals surface area (Å²) in [5.41, 5.74) is 3.04. The first kappa shape index (κ1) is 27.8. The van der Waals surface area contributed by atoms with Crippen LogP contribution >= 0.6 is 11.6 Å². The molecule has 4 rings (SSSR count). The van der Waals surface area contributed by atoms with Gasteiger partial charge in [0.2, 0.25) is 11.8 Å². The van der Waals surface area contributed by atoms with Gasteiger partial charge in [-0.2, -0.15) is 0 Å². The predicted octanol–water partition coefficient (Wildman–Crippen LogP) is 4.36. The van der Waals surface area contributed by atoms with Crippen LogP contribution in [0.1, 0.15) is 23.1 Å². The third-order valence-corrected chi connectivity index (χ3v) is 7.09. The first-order chi connectivity index (χ1) is 18.6. The molecule has 1 aliphatic rings. The van der Waals surface area contributed by atoms with E-state index in [1.165, 1.54) is 0 Å². The summed E-state index contributed by atoms with van der Waals surface area (Å²) in [6.07, 6.45) is 1.38. The van der Waals surface area contributed by atoms with E-state index in [9.17, 15) is 9.59 Å². The van der Waals surface area contributed by atoms with Crippen LogP contribution in [0.3, 0.4) is 0 Å². The Morgan fingerprint density at radius 1 is 0.868 bits per heavy atom. The average Bonchev–Trinajstić information content (AvgIpc) is 2.96. The number of morpholine rings is 1. The van der Waals surface area contributed by atoms with Gasteiger partial charge in [-0.25, -0.2) is 0 Å². The van der Waals surface area contributed by atoms with E-state index in [-0.39, 0.29) is 11.8 Å². The molecule has 3 aromatic rings. The Hall–Kier alpha value is -3.19. The van der Waals surface area contributed by atoms with Crippen LogP contribution in [-0.4, -0.2) is 67.0 Å². The predicted molar refractivity (Wildman–Crippen MR) is 151 cm³/mol. The van der Waals surface area contributed by atoms with Gasteiger partial charge in [0, 0.05) is 50.6 Å². The number of rotatable bonds is 12. The lowest BCUT2D eigenvalue weighted by Gasteiger charge is -2.32. The Labute approximate surface area is 230 Å². The monoisotopic (exact) mass is 533 g/mol. The summed E-state index contributed by atoms with van der Waals surface area (Å²) in [4.78, 5) is 31.5. The number of carbonyl (C=O) groups excluding carboxylic acids is 2. The van der Waals surface area contributed by atoms with Gasteiger partial charge in [-0.1, -0.05) is 84.4 Å². The molecule has 0 bridgehead atoms. The number of ether oxygens (including phenoxy) is 1. The molecule has 1 heterocycles. The van der Waals surface area contributed by atoms with Gasteiger partial charge in [-0.15, -0.1) is 0 Å². The molecular weight excluding hydrogens is 498 g/mol. The Balaban J connectivity index is 1.53. The summed E-state index contributed by atoms with van der Waals surface area (Å²) in [5, 5.41) is 3.75. The van der Waals surface area contributed by atoms with Crippen LogP contribution in [0.4, 0.5) is 0 Å². The number of hydrogen-bond acceptors (Lipinski definition) is 4. The van der Waals surface area contributed by atoms with Gasteiger partial charge in [-0.3, -0.25) is 14.5 Å². The highest BCUT2D eigenvalue weighted by Gasteiger charge is 2.30. The molecule has 0 spiro atoms. The standard InChI is InChI=1S/C31H36ClN3O3/c32-28-14-11-27(12-15-28)24-35(30(36)16-13-25-7-3-1-4-8-25)29(23-26-9-5-2-6-10-26)31(37)33-17-18-34-19-21-38-22-20-34/h1-12,14-15,29H,13,16-24H2,(H,33,37). The highest BCUT2D eigenvalue weighted by Crippen LogP contribution is 2.18. The molecule has 1 fully saturated rings. The molecule has 38 heavy (non-hydrogen) atoms. The number of aryl methyl sites for hydroxylation is 1. The van der Waals surface area contributed by atoms with E-state index in [2.05, 4.69) is 10.2 Å². The first-order valence-corrected chi connectivity index (χ1v) is 13.7. The van der Waals surface area contributed by atoms with Crippen LogP contribution in [-0.2, 0) is 33.7 Å². The highest BCUT2D eigenvalue weighted by molar-refractivity contribution is 6.30. The molecule has 1 atom stereocenters. The van der Waals surface area contributed by atoms with E-state index in [0.717, 1.165) is 49.5 Å². The van der Waals surface area contributed by atoms with E-state index in [0.29, 0.717) is 37.4 Å². The van der Waals surface area contributed by atoms with Gasteiger partial charge >= 0.3 is 0 Å². The maximum absolute atomic E-state index is 13.7. The number of hydrogen-bond donors (Lipinski definition) is 1. The minimum absolute atomic E-state index is 0.0481. The van der Waals surface area contributed by atoms with Gasteiger partial charge in [0.25, 0.3) is 0 Å². The van der Waals surface area contributed by atoms with Crippen LogP contribution in [0.25, 0.3) is 0 Å². The summed E-state index contributed by atoms with van der Waals surface area (Å²) in [6.45, 7) is 4.78. The van der Waals surface area contributed by atoms with Crippen molar-refractivity contribution in [3.63, 3.8) is 0 Å². The molecule has 200 valence electrons. The molecule has 1 unspecified atom stereocenters. The number of benzene rings is 3. The van der Waals surface area contributed by atoms with Crippen molar-refractivity contribution in [1.29, 1.82) is 0 Å². The maximum atomic E-state index is 13.7. The Kier molecular flexibility index (Phi) is 10.7. The number of nitrogens with one attached hydrogen (secondary N) is 1. The molecule has 1 aliphatic heterocycles. The molecule has 0 saturated carbocycles. The second kappa shape index (κ2) is 14.7. The zero-order valence-electron chi connectivity index (χ0n) is 21.7. The average molecular weight is 534 g/mol. The van der Waals surface area contributed by atoms with Crippen LogP contribution in [0.15, 0.2) is 84.9 Å². The summed E-state index contributed by atoms with van der Waals surface area (Å²) < 4.78 is 5.43. The van der Waals surface area contributed by atoms with Crippen molar-refractivity contribution in [3.8, 4) is 0 Å². The first-order valence-electron chi connectivity index (χ1n) is 13.3. The largest absolute Gasteiger partial charge is 0.379 e. The van der Waals surface area contributed by atoms with Crippen LogP contribution in [0.2, 0.25) is 5.02 Å². The number of amides is 2. The lowest BCUT2D eigenvalue weighted by atomic mass is 10.0. The lowest BCUT2D eigenvalue weighted by molar-refractivity contribution is -0.141. The van der Waals surface area contributed by atoms with Crippen molar-refractivity contribution >= 4 is 23.4 Å². The summed E-state index contributed by atoms with van der Waals surface area (Å²) in [6, 6.07) is 26.7. The quantitative estimate of drug-likeness (QED) is 0.376. The third-order valence-electron chi connectivity index (χ3n) is 6.84. The second-order valence-electron chi connectivity index (χ2n) is 9.58. The van der Waals surface area contributed by atoms with Crippen LogP contribution in [0, 0.1) is 0 Å². The molecule has 6 nitrogen and oxygen atoms in total. The highest BCUT2D eigenvalue weighted by atomic mass is 35.5. The molecule has 0 radical (unpaired) electrons. The molecule has 0 aliphatic carbocycles. The number of nitrogens with zero attached hydrogens (tertiary/aromatic N) is 2. The van der Waals surface area contributed by atoms with Crippen molar-refractivity contribution < 1.29 is 14.3 Å². The molecule has 7 heteroatoms. The van der Waals surface area contributed by atoms with Crippen LogP contribution in [0.5, 0.6) is 0 Å². The van der Waals surface area contributed by atoms with E-state index < -0.39 is 6.04 Å². The molecule has 1 saturated heterocycles. The minimum Gasteiger partial charge on any atom is -0.379 e. The van der Waals surface area contributed by atoms with Crippen molar-refractivity contribution in [1.82, 2.24) is 15.1 Å². The SMILES string of the molecule is O=C(NCCN1CCOCC1)C(Cc1ccccc1)N(Cc1ccc(Cl)cc1)C(=O)CCc1ccccc1. The molecule has 3 aromatic carbocycles. The van der Waals surface area contributed by atoms with Gasteiger partial charge in [0.15, 0.2) is 0 Å². The third kappa shape index (κ3) is 8.69. The van der Waals surface area contributed by atoms with Crippen molar-refractivity contribution in [2.45, 2.75) is 31.8 Å². The summed E-state index contributed by atoms with van der Waals surface area (Å²) in [7, 11) is 0. The Bertz CT molecular complexity index is 1140. The lowest BCUT2D eigenvalue weighted by Crippen LogP contribution is -2.52. The van der Waals surface area contributed by atoms with Crippen molar-refractivity contribution in [2.24, 2.45) is 0 Å². The van der Waals surface area contributed by atoms with Crippen molar-refractivity contribution in [3.05, 3.63) is 107 Å². The minimum atomic E-state index is -0.638. The second-order valence-corrected chi connectivity index (χ2v) is 10.0. The zero-order valence-corrected chi connectivity index (χ0v) is 22.5. The summed E-state index contributed by atoms with van der Waals surface area (Å²) >= 11 is 6.11. The van der Waals surface area contributed by atoms with Crippen LogP contribution < -0.4 is 5.32 Å². The smallest absolute Gasteiger partial charge is 0.243 e. The van der Waals surface area contributed by atoms with Gasteiger partial charge in [0.05, 0.1) is 13.2 Å². The van der Waals surface area contributed by atoms with E-state index in [4.69, 9.17) is 16.3 Å². The summed E-state index contributed by atoms with van der Waals surface area (Å²) in [5.74, 6) is -0.183. The number of carbonyl (C=O) groups is 2. The Morgan fingerprint density at radius 2 is 1.50 bits per heavy atom. The number of halogens is 1. The zero-order chi connectivity index (χ0) is 26.6. The molecule has 2 amide bonds. The Morgan fingerprint density at radius 3 is 2.16 bits per heavy atom. The van der Waals surface area contributed by atoms with Crippen molar-refractivity contribution in [2.75, 3.05) is 39.4 Å². The normalized spacial score (nSPS) is 14.6. The van der Waals surface area contributed by atoms with E-state index in [1.54, 1.807) is 4.90 Å². The topological polar surface area (TPSA) is 61.9 Å². The van der Waals surface area contributed by atoms with E-state index in [1.807, 2.05) is 84.9 Å². The van der Waals surface area contributed by atoms with E-state index >= 15 is 0 Å². The van der Waals surface area contributed by atoms with Gasteiger partial charge < -0.3 is 15.0 Å². The maximum Gasteiger partial charge on any atom is 0.243 e. The van der Waals surface area contributed by atoms with Gasteiger partial charge in [0.1, 0.15) is 6.04 Å². The van der Waals surface area contributed by atoms with Gasteiger partial charge in [-0.05, 0) is 35.2 Å². The molecule has 0 aromatic heterocycles. The fourth-order valence-electron chi connectivity index (χ4n) is 4.66. The fraction of sp³-hybridized carbons (Fsp3) is 0.355. The molecule has 1 N–H and O–H groups in total.